The van der Waals surface area contributed by atoms with Crippen LogP contribution in [0.25, 0.3) is 0 Å². The van der Waals surface area contributed by atoms with Crippen LogP contribution in [0, 0.1) is 11.3 Å². The van der Waals surface area contributed by atoms with E-state index in [1.165, 1.54) is 18.2 Å². The molecule has 0 amide bonds. The van der Waals surface area contributed by atoms with Gasteiger partial charge in [-0.25, -0.2) is 4.79 Å². The normalized spacial score (nSPS) is 16.9. The molecule has 20 heavy (non-hydrogen) atoms. The van der Waals surface area contributed by atoms with Gasteiger partial charge in [-0.2, -0.15) is 5.26 Å². The van der Waals surface area contributed by atoms with Gasteiger partial charge in [-0.1, -0.05) is 12.1 Å². The number of nitriles is 1. The van der Waals surface area contributed by atoms with Crippen molar-refractivity contribution in [3.63, 3.8) is 0 Å². The van der Waals surface area contributed by atoms with Crippen molar-refractivity contribution in [2.75, 3.05) is 13.7 Å². The average Bonchev–Trinajstić information content (AvgIpc) is 2.50. The Kier molecular flexibility index (Phi) is 5.00. The van der Waals surface area contributed by atoms with E-state index >= 15 is 0 Å². The summed E-state index contributed by atoms with van der Waals surface area (Å²) in [5, 5.41) is 8.75. The van der Waals surface area contributed by atoms with E-state index in [-0.39, 0.29) is 12.6 Å². The Balaban J connectivity index is 2.16. The first-order chi connectivity index (χ1) is 9.76. The molecule has 1 aromatic rings. The Morgan fingerprint density at radius 1 is 1.50 bits per heavy atom. The number of hydrogen-bond donors (Lipinski definition) is 0. The van der Waals surface area contributed by atoms with Crippen LogP contribution >= 0.6 is 0 Å². The fraction of sp³-hybridized carbons (Fsp3) is 0.500. The molecule has 1 aliphatic rings. The maximum absolute atomic E-state index is 11.2. The molecule has 1 aliphatic carbocycles. The summed E-state index contributed by atoms with van der Waals surface area (Å²) in [5.41, 5.74) is 2.46. The number of hydrogen-bond acceptors (Lipinski definition) is 4. The molecular formula is C16H19NO3. The summed E-state index contributed by atoms with van der Waals surface area (Å²) in [6.45, 7) is -0.0597. The van der Waals surface area contributed by atoms with Crippen molar-refractivity contribution in [1.29, 1.82) is 5.26 Å². The topological polar surface area (TPSA) is 59.3 Å². The molecule has 0 saturated heterocycles. The zero-order valence-electron chi connectivity index (χ0n) is 11.7. The van der Waals surface area contributed by atoms with Gasteiger partial charge in [0.15, 0.2) is 6.61 Å². The third kappa shape index (κ3) is 3.30. The highest BCUT2D eigenvalue weighted by atomic mass is 16.6. The summed E-state index contributed by atoms with van der Waals surface area (Å²) in [6.07, 6.45) is 4.66. The van der Waals surface area contributed by atoms with E-state index in [9.17, 15) is 4.79 Å². The molecule has 0 aromatic heterocycles. The number of rotatable bonds is 5. The first-order valence-electron chi connectivity index (χ1n) is 6.94. The molecule has 4 heteroatoms. The summed E-state index contributed by atoms with van der Waals surface area (Å²) in [4.78, 5) is 11.2. The Bertz CT molecular complexity index is 519. The average molecular weight is 273 g/mol. The van der Waals surface area contributed by atoms with E-state index in [2.05, 4.69) is 16.9 Å². The predicted molar refractivity (Wildman–Crippen MR) is 74.5 cm³/mol. The summed E-state index contributed by atoms with van der Waals surface area (Å²) in [7, 11) is 1.35. The quantitative estimate of drug-likeness (QED) is 0.774. The first kappa shape index (κ1) is 14.4. The molecule has 1 aromatic carbocycles. The van der Waals surface area contributed by atoms with Crippen molar-refractivity contribution in [3.8, 4) is 11.8 Å². The van der Waals surface area contributed by atoms with Gasteiger partial charge in [0.05, 0.1) is 13.2 Å². The van der Waals surface area contributed by atoms with E-state index < -0.39 is 0 Å². The molecule has 2 rings (SSSR count). The van der Waals surface area contributed by atoms with Gasteiger partial charge in [0, 0.05) is 6.42 Å². The number of carbonyl (C=O) groups is 1. The summed E-state index contributed by atoms with van der Waals surface area (Å²) < 4.78 is 10.2. The van der Waals surface area contributed by atoms with Crippen LogP contribution in [0.3, 0.4) is 0 Å². The van der Waals surface area contributed by atoms with Crippen molar-refractivity contribution in [1.82, 2.24) is 0 Å². The maximum Gasteiger partial charge on any atom is 0.343 e. The SMILES string of the molecule is COC(=O)COc1cccc2c1CCCC2CCC#N. The highest BCUT2D eigenvalue weighted by Crippen LogP contribution is 2.38. The van der Waals surface area contributed by atoms with Crippen LogP contribution < -0.4 is 4.74 Å². The fourth-order valence-electron chi connectivity index (χ4n) is 2.78. The van der Waals surface area contributed by atoms with E-state index in [0.717, 1.165) is 31.4 Å². The van der Waals surface area contributed by atoms with Gasteiger partial charge in [0.25, 0.3) is 0 Å². The minimum Gasteiger partial charge on any atom is -0.482 e. The zero-order valence-corrected chi connectivity index (χ0v) is 11.7. The van der Waals surface area contributed by atoms with E-state index in [1.54, 1.807) is 0 Å². The van der Waals surface area contributed by atoms with Crippen molar-refractivity contribution in [2.24, 2.45) is 0 Å². The monoisotopic (exact) mass is 273 g/mol. The largest absolute Gasteiger partial charge is 0.482 e. The smallest absolute Gasteiger partial charge is 0.343 e. The molecule has 4 nitrogen and oxygen atoms in total. The number of benzene rings is 1. The molecule has 1 unspecified atom stereocenters. The maximum atomic E-state index is 11.2. The van der Waals surface area contributed by atoms with Crippen molar-refractivity contribution < 1.29 is 14.3 Å². The van der Waals surface area contributed by atoms with Crippen LogP contribution in [0.2, 0.25) is 0 Å². The fourth-order valence-corrected chi connectivity index (χ4v) is 2.78. The van der Waals surface area contributed by atoms with Gasteiger partial charge in [-0.15, -0.1) is 0 Å². The zero-order chi connectivity index (χ0) is 14.4. The third-order valence-corrected chi connectivity index (χ3v) is 3.77. The van der Waals surface area contributed by atoms with Crippen molar-refractivity contribution in [2.45, 2.75) is 38.0 Å². The second-order valence-electron chi connectivity index (χ2n) is 4.97. The van der Waals surface area contributed by atoms with E-state index in [4.69, 9.17) is 10.00 Å². The summed E-state index contributed by atoms with van der Waals surface area (Å²) in [6, 6.07) is 8.18. The highest BCUT2D eigenvalue weighted by Gasteiger charge is 2.22. The second-order valence-corrected chi connectivity index (χ2v) is 4.97. The molecule has 0 heterocycles. The number of esters is 1. The van der Waals surface area contributed by atoms with Gasteiger partial charge in [0.1, 0.15) is 5.75 Å². The molecule has 0 bridgehead atoms. The van der Waals surface area contributed by atoms with E-state index in [0.29, 0.717) is 12.3 Å². The third-order valence-electron chi connectivity index (χ3n) is 3.77. The number of ether oxygens (including phenoxy) is 2. The number of methoxy groups -OCH3 is 1. The molecule has 1 atom stereocenters. The van der Waals surface area contributed by atoms with Crippen LogP contribution in [-0.2, 0) is 16.0 Å². The lowest BCUT2D eigenvalue weighted by Crippen LogP contribution is -2.16. The number of nitrogens with zero attached hydrogens (tertiary/aromatic N) is 1. The number of fused-ring (bicyclic) bond motifs is 1. The van der Waals surface area contributed by atoms with Gasteiger partial charge in [0.2, 0.25) is 0 Å². The first-order valence-corrected chi connectivity index (χ1v) is 6.94. The molecule has 0 fully saturated rings. The van der Waals surface area contributed by atoms with Gasteiger partial charge in [-0.3, -0.25) is 0 Å². The van der Waals surface area contributed by atoms with Crippen LogP contribution in [0.5, 0.6) is 5.75 Å². The lowest BCUT2D eigenvalue weighted by Gasteiger charge is -2.26. The highest BCUT2D eigenvalue weighted by molar-refractivity contribution is 5.71. The molecular weight excluding hydrogens is 254 g/mol. The van der Waals surface area contributed by atoms with Crippen molar-refractivity contribution in [3.05, 3.63) is 29.3 Å². The molecule has 0 N–H and O–H groups in total. The molecule has 106 valence electrons. The lowest BCUT2D eigenvalue weighted by atomic mass is 9.80. The molecule has 0 spiro atoms. The Hall–Kier alpha value is -2.02. The number of carbonyl (C=O) groups excluding carboxylic acids is 1. The standard InChI is InChI=1S/C16H19NO3/c1-19-16(18)11-20-15-9-3-7-13-12(6-4-10-17)5-2-8-14(13)15/h3,7,9,12H,2,4-6,8,11H2,1H3. The molecule has 0 aliphatic heterocycles. The van der Waals surface area contributed by atoms with Gasteiger partial charge in [-0.05, 0) is 48.8 Å². The summed E-state index contributed by atoms with van der Waals surface area (Å²) in [5.74, 6) is 0.828. The van der Waals surface area contributed by atoms with Crippen molar-refractivity contribution >= 4 is 5.97 Å². The van der Waals surface area contributed by atoms with Gasteiger partial charge < -0.3 is 9.47 Å². The van der Waals surface area contributed by atoms with Gasteiger partial charge >= 0.3 is 5.97 Å². The Morgan fingerprint density at radius 2 is 2.35 bits per heavy atom. The molecule has 0 saturated carbocycles. The Labute approximate surface area is 119 Å². The van der Waals surface area contributed by atoms with Crippen LogP contribution in [0.1, 0.15) is 42.7 Å². The lowest BCUT2D eigenvalue weighted by molar-refractivity contribution is -0.142. The minimum atomic E-state index is -0.376. The molecule has 0 radical (unpaired) electrons. The Morgan fingerprint density at radius 3 is 3.10 bits per heavy atom. The second kappa shape index (κ2) is 6.95. The van der Waals surface area contributed by atoms with Crippen LogP contribution in [0.15, 0.2) is 18.2 Å². The van der Waals surface area contributed by atoms with Crippen LogP contribution in [-0.4, -0.2) is 19.7 Å². The summed E-state index contributed by atoms with van der Waals surface area (Å²) >= 11 is 0. The van der Waals surface area contributed by atoms with Crippen LogP contribution in [0.4, 0.5) is 0 Å². The predicted octanol–water partition coefficient (Wildman–Crippen LogP) is 2.96. The minimum absolute atomic E-state index is 0.0597. The van der Waals surface area contributed by atoms with E-state index in [1.807, 2.05) is 12.1 Å².